The molecule has 0 aliphatic heterocycles. The Labute approximate surface area is 441 Å². The maximum atomic E-state index is 7.29. The zero-order valence-electron chi connectivity index (χ0n) is 41.5. The molecule has 0 radical (unpaired) electrons. The van der Waals surface area contributed by atoms with Crippen molar-refractivity contribution < 1.29 is 4.42 Å². The first-order chi connectivity index (χ1) is 37.7. The smallest absolute Gasteiger partial charge is 0.179 e. The summed E-state index contributed by atoms with van der Waals surface area (Å²) in [5, 5.41) is 12.4. The zero-order valence-corrected chi connectivity index (χ0v) is 42.5. The molecule has 0 atom stereocenters. The molecule has 15 aromatic rings. The summed E-state index contributed by atoms with van der Waals surface area (Å²) in [4.78, 5) is 0. The van der Waals surface area contributed by atoms with Crippen LogP contribution < -0.4 is 20.7 Å². The van der Waals surface area contributed by atoms with E-state index in [-0.39, 0.29) is 0 Å². The van der Waals surface area contributed by atoms with Crippen LogP contribution >= 0.6 is 0 Å². The van der Waals surface area contributed by atoms with Crippen LogP contribution in [0.1, 0.15) is 0 Å². The van der Waals surface area contributed by atoms with Gasteiger partial charge in [0.25, 0.3) is 0 Å². The lowest BCUT2D eigenvalue weighted by Gasteiger charge is -2.34. The number of nitrogens with zero attached hydrogens (tertiary/aromatic N) is 2. The molecule has 0 amide bonds. The molecule has 76 heavy (non-hydrogen) atoms. The van der Waals surface area contributed by atoms with E-state index in [2.05, 4.69) is 300 Å². The molecule has 0 bridgehead atoms. The van der Waals surface area contributed by atoms with Crippen LogP contribution in [0.3, 0.4) is 0 Å². The Bertz CT molecular complexity index is 4540. The van der Waals surface area contributed by atoms with Gasteiger partial charge in [-0.2, -0.15) is 0 Å². The first kappa shape index (κ1) is 43.8. The molecular formula is C72H48N2OSi. The zero-order chi connectivity index (χ0) is 50.2. The summed E-state index contributed by atoms with van der Waals surface area (Å²) < 4.78 is 12.2. The topological polar surface area (TPSA) is 23.0 Å². The Balaban J connectivity index is 0.987. The summed E-state index contributed by atoms with van der Waals surface area (Å²) in [7, 11) is -2.84. The minimum absolute atomic E-state index is 0.840. The van der Waals surface area contributed by atoms with Gasteiger partial charge in [-0.05, 0) is 115 Å². The second-order valence-electron chi connectivity index (χ2n) is 20.0. The Hall–Kier alpha value is -9.74. The third-order valence-corrected chi connectivity index (χ3v) is 20.6. The molecule has 3 aromatic heterocycles. The van der Waals surface area contributed by atoms with Gasteiger partial charge in [-0.3, -0.25) is 0 Å². The minimum Gasteiger partial charge on any atom is -0.454 e. The molecule has 3 heterocycles. The Morgan fingerprint density at radius 3 is 1.20 bits per heavy atom. The van der Waals surface area contributed by atoms with Crippen molar-refractivity contribution in [3.63, 3.8) is 0 Å². The quantitative estimate of drug-likeness (QED) is 0.104. The first-order valence-electron chi connectivity index (χ1n) is 26.2. The van der Waals surface area contributed by atoms with Gasteiger partial charge in [0.15, 0.2) is 13.7 Å². The van der Waals surface area contributed by atoms with Crippen molar-refractivity contribution in [1.29, 1.82) is 0 Å². The maximum absolute atomic E-state index is 7.29. The van der Waals surface area contributed by atoms with Crippen LogP contribution in [0.25, 0.3) is 110 Å². The first-order valence-corrected chi connectivity index (χ1v) is 28.2. The van der Waals surface area contributed by atoms with Crippen LogP contribution in [0.15, 0.2) is 296 Å². The highest BCUT2D eigenvalue weighted by Gasteiger charge is 2.41. The van der Waals surface area contributed by atoms with Gasteiger partial charge < -0.3 is 13.6 Å². The van der Waals surface area contributed by atoms with E-state index < -0.39 is 8.07 Å². The number of rotatable bonds is 9. The molecule has 356 valence electrons. The van der Waals surface area contributed by atoms with Crippen molar-refractivity contribution in [1.82, 2.24) is 9.13 Å². The van der Waals surface area contributed by atoms with Gasteiger partial charge in [0.1, 0.15) is 5.58 Å². The maximum Gasteiger partial charge on any atom is 0.179 e. The predicted octanol–water partition coefficient (Wildman–Crippen LogP) is 16.2. The van der Waals surface area contributed by atoms with Crippen LogP contribution in [0, 0.1) is 0 Å². The minimum atomic E-state index is -2.84. The highest BCUT2D eigenvalue weighted by atomic mass is 28.3. The van der Waals surface area contributed by atoms with Crippen molar-refractivity contribution in [2.24, 2.45) is 0 Å². The molecule has 0 fully saturated rings. The molecule has 0 saturated carbocycles. The summed E-state index contributed by atoms with van der Waals surface area (Å²) in [6, 6.07) is 107. The standard InChI is InChI=1S/C72H48N2OSi/c1-5-21-49(22-6-1)50-23-19-24-51(45-50)52-25-20-26-53(46-52)54-39-44-70-63(47-54)71-68(42-43-69(72(71)75-70)74-64-36-16-13-33-59(64)60-34-14-17-37-65(60)74)73-66-38-18-15-35-61(66)62-48-58(40-41-67(62)73)76(55-27-7-2-8-28-55,56-29-9-3-10-30-56)57-31-11-4-12-32-57/h1-48H. The summed E-state index contributed by atoms with van der Waals surface area (Å²) in [5.74, 6) is 0. The number of benzene rings is 12. The van der Waals surface area contributed by atoms with Crippen molar-refractivity contribution in [3.8, 4) is 44.8 Å². The molecule has 0 N–H and O–H groups in total. The van der Waals surface area contributed by atoms with E-state index in [0.29, 0.717) is 0 Å². The molecule has 4 heteroatoms. The lowest BCUT2D eigenvalue weighted by atomic mass is 9.95. The predicted molar refractivity (Wildman–Crippen MR) is 322 cm³/mol. The SMILES string of the molecule is c1ccc(-c2cccc(-c3cccc(-c4ccc5oc6c(-n7c8ccccc8c8ccccc87)ccc(-n7c8ccccc8c8cc([Si](c9ccccc9)(c9ccccc9)c9ccccc9)ccc87)c6c5c4)c3)c2)cc1. The monoisotopic (exact) mass is 984 g/mol. The molecule has 12 aromatic carbocycles. The van der Waals surface area contributed by atoms with Gasteiger partial charge in [-0.15, -0.1) is 0 Å². The van der Waals surface area contributed by atoms with E-state index >= 15 is 0 Å². The average molecular weight is 985 g/mol. The van der Waals surface area contributed by atoms with Gasteiger partial charge in [-0.1, -0.05) is 231 Å². The molecule has 0 aliphatic carbocycles. The summed E-state index contributed by atoms with van der Waals surface area (Å²) in [5.41, 5.74) is 15.3. The molecular weight excluding hydrogens is 937 g/mol. The number of furan rings is 1. The Kier molecular flexibility index (Phi) is 10.2. The number of fused-ring (bicyclic) bond motifs is 9. The molecule has 3 nitrogen and oxygen atoms in total. The van der Waals surface area contributed by atoms with Gasteiger partial charge in [-0.25, -0.2) is 0 Å². The molecule has 0 spiro atoms. The van der Waals surface area contributed by atoms with Crippen LogP contribution in [-0.2, 0) is 0 Å². The van der Waals surface area contributed by atoms with E-state index in [9.17, 15) is 0 Å². The molecule has 0 saturated heterocycles. The van der Waals surface area contributed by atoms with E-state index in [1.165, 1.54) is 64.5 Å². The normalized spacial score (nSPS) is 11.9. The van der Waals surface area contributed by atoms with E-state index in [4.69, 9.17) is 4.42 Å². The molecule has 0 aliphatic rings. The summed E-state index contributed by atoms with van der Waals surface area (Å²) >= 11 is 0. The van der Waals surface area contributed by atoms with Crippen molar-refractivity contribution in [2.75, 3.05) is 0 Å². The summed E-state index contributed by atoms with van der Waals surface area (Å²) in [6.45, 7) is 0. The van der Waals surface area contributed by atoms with Crippen molar-refractivity contribution in [2.45, 2.75) is 0 Å². The van der Waals surface area contributed by atoms with Crippen LogP contribution in [0.4, 0.5) is 0 Å². The fraction of sp³-hybridized carbons (Fsp3) is 0. The Morgan fingerprint density at radius 1 is 0.250 bits per heavy atom. The molecule has 0 unspecified atom stereocenters. The van der Waals surface area contributed by atoms with E-state index in [1.54, 1.807) is 0 Å². The molecule has 15 rings (SSSR count). The average Bonchev–Trinajstić information content (AvgIpc) is 4.28. The van der Waals surface area contributed by atoms with Crippen molar-refractivity contribution >= 4 is 94.4 Å². The lowest BCUT2D eigenvalue weighted by molar-refractivity contribution is 0.666. The van der Waals surface area contributed by atoms with Gasteiger partial charge in [0, 0.05) is 26.9 Å². The highest BCUT2D eigenvalue weighted by Crippen LogP contribution is 2.44. The highest BCUT2D eigenvalue weighted by molar-refractivity contribution is 7.20. The van der Waals surface area contributed by atoms with E-state index in [0.717, 1.165) is 66.5 Å². The van der Waals surface area contributed by atoms with Crippen molar-refractivity contribution in [3.05, 3.63) is 291 Å². The second-order valence-corrected chi connectivity index (χ2v) is 23.8. The number of para-hydroxylation sites is 3. The second kappa shape index (κ2) is 17.7. The van der Waals surface area contributed by atoms with Crippen LogP contribution in [-0.4, -0.2) is 17.2 Å². The number of hydrogen-bond donors (Lipinski definition) is 0. The Morgan fingerprint density at radius 2 is 0.658 bits per heavy atom. The van der Waals surface area contributed by atoms with Crippen LogP contribution in [0.5, 0.6) is 0 Å². The fourth-order valence-electron chi connectivity index (χ4n) is 12.5. The number of aromatic nitrogens is 2. The number of hydrogen-bond acceptors (Lipinski definition) is 1. The fourth-order valence-corrected chi connectivity index (χ4v) is 17.3. The van der Waals surface area contributed by atoms with Crippen LogP contribution in [0.2, 0.25) is 0 Å². The summed E-state index contributed by atoms with van der Waals surface area (Å²) in [6.07, 6.45) is 0. The van der Waals surface area contributed by atoms with Gasteiger partial charge in [0.2, 0.25) is 0 Å². The van der Waals surface area contributed by atoms with Gasteiger partial charge in [0.05, 0.1) is 38.8 Å². The lowest BCUT2D eigenvalue weighted by Crippen LogP contribution is -2.74. The van der Waals surface area contributed by atoms with E-state index in [1.807, 2.05) is 0 Å². The third kappa shape index (κ3) is 6.81. The van der Waals surface area contributed by atoms with Gasteiger partial charge >= 0.3 is 0 Å². The largest absolute Gasteiger partial charge is 0.454 e. The third-order valence-electron chi connectivity index (χ3n) is 15.9.